The van der Waals surface area contributed by atoms with Crippen LogP contribution in [0.3, 0.4) is 0 Å². The van der Waals surface area contributed by atoms with Crippen LogP contribution in [0.1, 0.15) is 22.6 Å². The van der Waals surface area contributed by atoms with Gasteiger partial charge in [0.05, 0.1) is 11.2 Å². The molecule has 0 aliphatic carbocycles. The van der Waals surface area contributed by atoms with Crippen LogP contribution < -0.4 is 9.47 Å². The first kappa shape index (κ1) is 20.6. The second kappa shape index (κ2) is 9.91. The van der Waals surface area contributed by atoms with Gasteiger partial charge < -0.3 is 9.47 Å². The number of hydrogen-bond acceptors (Lipinski definition) is 6. The number of para-hydroxylation sites is 1. The number of ether oxygens (including phenoxy) is 2. The fourth-order valence-corrected chi connectivity index (χ4v) is 3.57. The Morgan fingerprint density at radius 2 is 1.55 bits per heavy atom. The highest BCUT2D eigenvalue weighted by Crippen LogP contribution is 2.19. The second-order valence-electron chi connectivity index (χ2n) is 7.71. The summed E-state index contributed by atoms with van der Waals surface area (Å²) in [6.07, 6.45) is 1.86. The molecule has 2 aromatic heterocycles. The summed E-state index contributed by atoms with van der Waals surface area (Å²) < 4.78 is 11.7. The number of benzene rings is 3. The van der Waals surface area contributed by atoms with E-state index in [0.717, 1.165) is 40.9 Å². The number of rotatable bonds is 9. The van der Waals surface area contributed by atoms with Gasteiger partial charge in [-0.1, -0.05) is 48.5 Å². The molecule has 2 heterocycles. The van der Waals surface area contributed by atoms with Gasteiger partial charge in [0.15, 0.2) is 5.82 Å². The zero-order chi connectivity index (χ0) is 22.3. The molecule has 0 atom stereocenters. The van der Waals surface area contributed by atoms with Crippen LogP contribution >= 0.6 is 0 Å². The molecule has 1 N–H and O–H groups in total. The molecule has 0 radical (unpaired) electrons. The van der Waals surface area contributed by atoms with Crippen LogP contribution in [0.5, 0.6) is 11.5 Å². The van der Waals surface area contributed by atoms with Crippen LogP contribution in [0.2, 0.25) is 0 Å². The summed E-state index contributed by atoms with van der Waals surface area (Å²) in [6, 6.07) is 28.6. The van der Waals surface area contributed by atoms with E-state index in [1.54, 1.807) is 0 Å². The number of fused-ring (bicyclic) bond motifs is 1. The van der Waals surface area contributed by atoms with E-state index >= 15 is 0 Å². The average Bonchev–Trinajstić information content (AvgIpc) is 3.40. The molecular weight excluding hydrogens is 414 g/mol. The Balaban J connectivity index is 1.14. The number of nitrogens with zero attached hydrogens (tertiary/aromatic N) is 4. The van der Waals surface area contributed by atoms with Crippen LogP contribution in [0.15, 0.2) is 84.9 Å². The van der Waals surface area contributed by atoms with Crippen LogP contribution in [0, 0.1) is 0 Å². The van der Waals surface area contributed by atoms with Gasteiger partial charge in [-0.15, -0.1) is 5.10 Å². The van der Waals surface area contributed by atoms with Gasteiger partial charge in [-0.05, 0) is 70.8 Å². The maximum absolute atomic E-state index is 6.01. The molecule has 7 nitrogen and oxygen atoms in total. The molecule has 164 valence electrons. The Bertz CT molecular complexity index is 1320. The monoisotopic (exact) mass is 437 g/mol. The third-order valence-corrected chi connectivity index (χ3v) is 5.33. The zero-order valence-electron chi connectivity index (χ0n) is 18.0. The first-order valence-electron chi connectivity index (χ1n) is 10.8. The Morgan fingerprint density at radius 3 is 2.42 bits per heavy atom. The van der Waals surface area contributed by atoms with E-state index in [-0.39, 0.29) is 0 Å². The highest BCUT2D eigenvalue weighted by atomic mass is 16.5. The summed E-state index contributed by atoms with van der Waals surface area (Å²) in [4.78, 5) is 4.68. The zero-order valence-corrected chi connectivity index (χ0v) is 18.0. The molecule has 5 aromatic rings. The molecule has 0 unspecified atom stereocenters. The van der Waals surface area contributed by atoms with E-state index in [1.807, 2.05) is 48.5 Å². The van der Waals surface area contributed by atoms with E-state index < -0.39 is 0 Å². The number of hydrogen-bond donors (Lipinski definition) is 1. The van der Waals surface area contributed by atoms with Crippen LogP contribution in [0.25, 0.3) is 10.9 Å². The summed E-state index contributed by atoms with van der Waals surface area (Å²) in [5, 5.41) is 14.7. The van der Waals surface area contributed by atoms with Crippen molar-refractivity contribution < 1.29 is 9.47 Å². The third kappa shape index (κ3) is 5.51. The van der Waals surface area contributed by atoms with Gasteiger partial charge in [0, 0.05) is 5.39 Å². The van der Waals surface area contributed by atoms with Gasteiger partial charge in [0.2, 0.25) is 0 Å². The Hall–Kier alpha value is -4.26. The molecule has 0 spiro atoms. The fourth-order valence-electron chi connectivity index (χ4n) is 3.57. The van der Waals surface area contributed by atoms with Crippen molar-refractivity contribution in [3.05, 3.63) is 108 Å². The van der Waals surface area contributed by atoms with E-state index in [9.17, 15) is 0 Å². The highest BCUT2D eigenvalue weighted by molar-refractivity contribution is 5.78. The van der Waals surface area contributed by atoms with Crippen molar-refractivity contribution in [1.82, 2.24) is 25.6 Å². The van der Waals surface area contributed by atoms with Crippen LogP contribution in [0.4, 0.5) is 0 Å². The molecule has 3 aromatic carbocycles. The van der Waals surface area contributed by atoms with Gasteiger partial charge >= 0.3 is 0 Å². The first-order chi connectivity index (χ1) is 16.3. The number of tetrazole rings is 1. The lowest BCUT2D eigenvalue weighted by Gasteiger charge is -2.09. The van der Waals surface area contributed by atoms with E-state index in [1.165, 1.54) is 11.1 Å². The predicted octanol–water partition coefficient (Wildman–Crippen LogP) is 4.69. The normalized spacial score (nSPS) is 10.9. The predicted molar refractivity (Wildman–Crippen MR) is 125 cm³/mol. The molecule has 0 fully saturated rings. The largest absolute Gasteiger partial charge is 0.487 e. The van der Waals surface area contributed by atoms with Crippen molar-refractivity contribution in [1.29, 1.82) is 0 Å². The number of aryl methyl sites for hydroxylation is 2. The molecule has 5 rings (SSSR count). The summed E-state index contributed by atoms with van der Waals surface area (Å²) in [5.74, 6) is 2.23. The van der Waals surface area contributed by atoms with E-state index in [4.69, 9.17) is 9.47 Å². The maximum atomic E-state index is 6.01. The van der Waals surface area contributed by atoms with Crippen molar-refractivity contribution in [2.45, 2.75) is 26.1 Å². The molecule has 0 amide bonds. The summed E-state index contributed by atoms with van der Waals surface area (Å²) in [5.41, 5.74) is 4.38. The number of nitrogens with one attached hydrogen (secondary N) is 1. The number of aromatic nitrogens is 5. The minimum absolute atomic E-state index is 0.313. The topological polar surface area (TPSA) is 85.8 Å². The molecule has 33 heavy (non-hydrogen) atoms. The van der Waals surface area contributed by atoms with Crippen molar-refractivity contribution in [3.63, 3.8) is 0 Å². The van der Waals surface area contributed by atoms with Crippen LogP contribution in [-0.2, 0) is 26.1 Å². The molecule has 0 saturated heterocycles. The molecule has 0 aliphatic rings. The quantitative estimate of drug-likeness (QED) is 0.360. The van der Waals surface area contributed by atoms with Crippen molar-refractivity contribution in [2.24, 2.45) is 0 Å². The molecular formula is C26H23N5O2. The van der Waals surface area contributed by atoms with Crippen LogP contribution in [-0.4, -0.2) is 25.6 Å². The fraction of sp³-hybridized carbons (Fsp3) is 0.154. The van der Waals surface area contributed by atoms with E-state index in [0.29, 0.717) is 19.0 Å². The number of pyridine rings is 1. The Labute approximate surface area is 191 Å². The minimum atomic E-state index is 0.313. The highest BCUT2D eigenvalue weighted by Gasteiger charge is 2.03. The van der Waals surface area contributed by atoms with Gasteiger partial charge in [-0.3, -0.25) is 0 Å². The van der Waals surface area contributed by atoms with Crippen molar-refractivity contribution >= 4 is 10.9 Å². The third-order valence-electron chi connectivity index (χ3n) is 5.33. The van der Waals surface area contributed by atoms with Gasteiger partial charge in [0.25, 0.3) is 0 Å². The smallest absolute Gasteiger partial charge is 0.186 e. The second-order valence-corrected chi connectivity index (χ2v) is 7.71. The lowest BCUT2D eigenvalue weighted by molar-refractivity contribution is 0.296. The molecule has 0 bridgehead atoms. The summed E-state index contributed by atoms with van der Waals surface area (Å²) in [6.45, 7) is 0.758. The Kier molecular flexibility index (Phi) is 6.20. The summed E-state index contributed by atoms with van der Waals surface area (Å²) in [7, 11) is 0. The lowest BCUT2D eigenvalue weighted by atomic mass is 10.0. The molecule has 0 saturated carbocycles. The standard InChI is InChI=1S/C26H23N5O2/c1-2-7-25-21(5-1)12-13-22(27-25)17-32-24-6-3-4-20(16-24)9-8-19-10-14-23(15-11-19)33-18-26-28-30-31-29-26/h1-7,10-16H,8-9,17-18H2,(H,28,29,30,31). The maximum Gasteiger partial charge on any atom is 0.186 e. The van der Waals surface area contributed by atoms with Gasteiger partial charge in [-0.25, -0.2) is 10.1 Å². The lowest BCUT2D eigenvalue weighted by Crippen LogP contribution is -1.99. The molecule has 0 aliphatic heterocycles. The Morgan fingerprint density at radius 1 is 0.697 bits per heavy atom. The first-order valence-corrected chi connectivity index (χ1v) is 10.8. The summed E-state index contributed by atoms with van der Waals surface area (Å²) >= 11 is 0. The molecule has 7 heteroatoms. The van der Waals surface area contributed by atoms with Crippen molar-refractivity contribution in [2.75, 3.05) is 0 Å². The van der Waals surface area contributed by atoms with Gasteiger partial charge in [-0.2, -0.15) is 0 Å². The SMILES string of the molecule is c1cc(CCc2ccc(OCc3nnn[nH]3)cc2)cc(OCc2ccc3ccccc3n2)c1. The number of H-pyrrole nitrogens is 1. The van der Waals surface area contributed by atoms with Gasteiger partial charge in [0.1, 0.15) is 24.7 Å². The number of aromatic amines is 1. The van der Waals surface area contributed by atoms with E-state index in [2.05, 4.69) is 62.0 Å². The average molecular weight is 438 g/mol. The minimum Gasteiger partial charge on any atom is -0.487 e. The van der Waals surface area contributed by atoms with Crippen molar-refractivity contribution in [3.8, 4) is 11.5 Å².